The first-order valence-corrected chi connectivity index (χ1v) is 1.71. The van der Waals surface area contributed by atoms with Gasteiger partial charge in [0.25, 0.3) is 0 Å². The molecular weight excluding hydrogens is 69.0 g/mol. The number of rotatable bonds is 0. The van der Waals surface area contributed by atoms with Crippen LogP contribution in [0.3, 0.4) is 0 Å². The molecule has 0 rings (SSSR count). The van der Waals surface area contributed by atoms with Crippen molar-refractivity contribution in [3.63, 3.8) is 0 Å². The number of hydrogen-bond acceptors (Lipinski definition) is 2. The minimum atomic E-state index is -0.361. The van der Waals surface area contributed by atoms with E-state index >= 15 is 0 Å². The summed E-state index contributed by atoms with van der Waals surface area (Å²) >= 11 is 0.0710. The van der Waals surface area contributed by atoms with Crippen LogP contribution in [0.1, 0.15) is 0 Å². The van der Waals surface area contributed by atoms with Gasteiger partial charge in [0.05, 0.1) is 0 Å². The van der Waals surface area contributed by atoms with E-state index in [0.717, 1.165) is 0 Å². The Bertz CT molecular complexity index is 29.0. The fourth-order valence-corrected chi connectivity index (χ4v) is 0. The van der Waals surface area contributed by atoms with E-state index in [9.17, 15) is 0 Å². The molecule has 0 atom stereocenters. The minimum absolute atomic E-state index is 0.0710. The molecular formula is NNaO2. The number of nitrogens with zero attached hydrogens (tertiary/aromatic N) is 1. The van der Waals surface area contributed by atoms with E-state index in [2.05, 4.69) is 0 Å². The monoisotopic (exact) mass is 69.0 g/mol. The Hall–Kier alpha value is 0.400. The van der Waals surface area contributed by atoms with Crippen molar-refractivity contribution in [2.45, 2.75) is 0 Å². The van der Waals surface area contributed by atoms with E-state index in [1.807, 2.05) is 0 Å². The van der Waals surface area contributed by atoms with Crippen LogP contribution in [0.25, 0.3) is 0 Å². The van der Waals surface area contributed by atoms with E-state index < -0.39 is 0 Å². The molecule has 0 aromatic carbocycles. The summed E-state index contributed by atoms with van der Waals surface area (Å²) in [5.41, 5.74) is 0. The van der Waals surface area contributed by atoms with Crippen LogP contribution in [-0.2, 0) is 0 Å². The molecule has 0 saturated carbocycles. The summed E-state index contributed by atoms with van der Waals surface area (Å²) in [6.07, 6.45) is 0. The van der Waals surface area contributed by atoms with Crippen molar-refractivity contribution >= 4 is 28.2 Å². The molecule has 0 aromatic heterocycles. The van der Waals surface area contributed by atoms with Crippen LogP contribution in [0.5, 0.6) is 0 Å². The van der Waals surface area contributed by atoms with Gasteiger partial charge in [-0.1, -0.05) is 0 Å². The summed E-state index contributed by atoms with van der Waals surface area (Å²) in [6, 6.07) is 0. The molecule has 0 aliphatic heterocycles. The Morgan fingerprint density at radius 2 is 2.00 bits per heavy atom. The van der Waals surface area contributed by atoms with E-state index in [1.54, 1.807) is 0 Å². The normalized spacial score (nSPS) is 6.50. The Kier molecular flexibility index (Phi) is 1.86. The zero-order valence-corrected chi connectivity index (χ0v) is 4.26. The molecule has 4 heavy (non-hydrogen) atoms. The predicted octanol–water partition coefficient (Wildman–Crippen LogP) is -0.653. The second-order valence-corrected chi connectivity index (χ2v) is 1.17. The Balaban J connectivity index is 2.80. The second kappa shape index (κ2) is 1.69. The second-order valence-electron chi connectivity index (χ2n) is 0.440. The van der Waals surface area contributed by atoms with Crippen LogP contribution in [0.4, 0.5) is 0 Å². The van der Waals surface area contributed by atoms with Crippen molar-refractivity contribution in [3.05, 3.63) is 10.1 Å². The molecule has 0 amide bonds. The molecule has 0 aromatic rings. The van der Waals surface area contributed by atoms with Crippen LogP contribution >= 0.6 is 0 Å². The van der Waals surface area contributed by atoms with Crippen molar-refractivity contribution < 1.29 is 2.45 Å². The topological polar surface area (TPSA) is 43.1 Å². The van der Waals surface area contributed by atoms with Crippen molar-refractivity contribution in [2.24, 2.45) is 0 Å². The van der Waals surface area contributed by atoms with Gasteiger partial charge in [-0.25, -0.2) is 0 Å². The van der Waals surface area contributed by atoms with Gasteiger partial charge in [-0.15, -0.1) is 0 Å². The van der Waals surface area contributed by atoms with Crippen LogP contribution in [-0.4, -0.2) is 30.7 Å². The molecule has 0 saturated heterocycles. The standard InChI is InChI=1S/NO2.Na/c2-1-3;. The first-order chi connectivity index (χ1) is 1.73. The van der Waals surface area contributed by atoms with Crippen molar-refractivity contribution in [1.29, 1.82) is 0 Å². The van der Waals surface area contributed by atoms with Gasteiger partial charge in [-0.3, -0.25) is 0 Å². The van der Waals surface area contributed by atoms with E-state index in [-0.39, 0.29) is 30.7 Å². The molecule has 0 aliphatic rings. The Labute approximate surface area is 41.0 Å². The van der Waals surface area contributed by atoms with Gasteiger partial charge >= 0.3 is 40.8 Å². The molecule has 0 bridgehead atoms. The zero-order chi connectivity index (χ0) is 3.58. The number of nitro groups is 1. The quantitative estimate of drug-likeness (QED) is 0.215. The molecule has 4 heteroatoms. The Morgan fingerprint density at radius 1 is 2.00 bits per heavy atom. The maximum absolute atomic E-state index is 8.87. The average Bonchev–Trinajstić information content (AvgIpc) is 0.811. The summed E-state index contributed by atoms with van der Waals surface area (Å²) in [7, 11) is 0. The van der Waals surface area contributed by atoms with E-state index in [1.165, 1.54) is 0 Å². The molecule has 0 N–H and O–H groups in total. The summed E-state index contributed by atoms with van der Waals surface area (Å²) in [5, 5.41) is 8.87. The zero-order valence-electron chi connectivity index (χ0n) is 2.26. The van der Waals surface area contributed by atoms with Crippen LogP contribution < -0.4 is 0 Å². The third kappa shape index (κ3) is 29.4. The molecule has 3 nitrogen and oxygen atoms in total. The summed E-state index contributed by atoms with van der Waals surface area (Å²) in [6.45, 7) is 0. The summed E-state index contributed by atoms with van der Waals surface area (Å²) in [5.74, 6) is 0. The van der Waals surface area contributed by atoms with Gasteiger partial charge in [-0.05, 0) is 0 Å². The first-order valence-electron chi connectivity index (χ1n) is 0.812. The van der Waals surface area contributed by atoms with Crippen LogP contribution in [0, 0.1) is 10.1 Å². The Morgan fingerprint density at radius 3 is 2.00 bits per heavy atom. The first kappa shape index (κ1) is 4.40. The van der Waals surface area contributed by atoms with Gasteiger partial charge < -0.3 is 0 Å². The predicted molar refractivity (Wildman–Crippen MR) is 12.7 cm³/mol. The third-order valence-electron chi connectivity index (χ3n) is 0. The molecule has 0 heterocycles. The molecule has 18 valence electrons. The van der Waals surface area contributed by atoms with Crippen molar-refractivity contribution in [2.75, 3.05) is 0 Å². The maximum atomic E-state index is 8.87. The average molecular weight is 69.0 g/mol. The molecule has 0 spiro atoms. The summed E-state index contributed by atoms with van der Waals surface area (Å²) < 4.78 is -0.361. The van der Waals surface area contributed by atoms with E-state index in [0.29, 0.717) is 0 Å². The molecule has 0 unspecified atom stereocenters. The third-order valence-corrected chi connectivity index (χ3v) is 0. The van der Waals surface area contributed by atoms with Crippen LogP contribution in [0.15, 0.2) is 0 Å². The van der Waals surface area contributed by atoms with Gasteiger partial charge in [0, 0.05) is 0 Å². The molecule has 0 fully saturated rings. The van der Waals surface area contributed by atoms with Gasteiger partial charge in [0.15, 0.2) is 0 Å². The van der Waals surface area contributed by atoms with Gasteiger partial charge in [0.2, 0.25) is 0 Å². The fourth-order valence-electron chi connectivity index (χ4n) is 0. The van der Waals surface area contributed by atoms with Gasteiger partial charge in [0.1, 0.15) is 0 Å². The van der Waals surface area contributed by atoms with Gasteiger partial charge in [-0.2, -0.15) is 0 Å². The SMILES string of the molecule is O=[N+]([O-])[Na]. The molecule has 0 radical (unpaired) electrons. The van der Waals surface area contributed by atoms with E-state index in [4.69, 9.17) is 10.1 Å². The summed E-state index contributed by atoms with van der Waals surface area (Å²) in [4.78, 5) is 8.87. The molecule has 0 aliphatic carbocycles. The fraction of sp³-hybridized carbons (Fsp3) is 0. The van der Waals surface area contributed by atoms with Crippen molar-refractivity contribution in [1.82, 2.24) is 0 Å². The van der Waals surface area contributed by atoms with Crippen LogP contribution in [0.2, 0.25) is 0 Å². The van der Waals surface area contributed by atoms with Crippen molar-refractivity contribution in [3.8, 4) is 0 Å². The number of hydrogen-bond donors (Lipinski definition) is 0.